The van der Waals surface area contributed by atoms with Crippen molar-refractivity contribution in [1.29, 1.82) is 0 Å². The Labute approximate surface area is 130 Å². The first-order valence-electron chi connectivity index (χ1n) is 7.93. The molecule has 0 atom stereocenters. The van der Waals surface area contributed by atoms with E-state index in [9.17, 15) is 4.79 Å². The maximum Gasteiger partial charge on any atom is 0.217 e. The maximum absolute atomic E-state index is 11.0. The van der Waals surface area contributed by atoms with Gasteiger partial charge >= 0.3 is 0 Å². The number of carbonyl (C=O) groups excluding carboxylic acids is 1. The Balaban J connectivity index is 1.56. The third-order valence-corrected chi connectivity index (χ3v) is 4.58. The van der Waals surface area contributed by atoms with Gasteiger partial charge in [0.2, 0.25) is 5.91 Å². The number of nitrogens with zero attached hydrogens (tertiary/aromatic N) is 2. The van der Waals surface area contributed by atoms with Crippen LogP contribution < -0.4 is 11.1 Å². The molecule has 22 heavy (non-hydrogen) atoms. The SMILES string of the molecule is NC(=O)CC1CCC(CNc2nccc3cnccc23)CC1. The molecule has 5 nitrogen and oxygen atoms in total. The van der Waals surface area contributed by atoms with Crippen molar-refractivity contribution in [1.82, 2.24) is 9.97 Å². The lowest BCUT2D eigenvalue weighted by molar-refractivity contribution is -0.119. The van der Waals surface area contributed by atoms with Gasteiger partial charge in [-0.05, 0) is 49.7 Å². The van der Waals surface area contributed by atoms with Gasteiger partial charge in [0.1, 0.15) is 5.82 Å². The summed E-state index contributed by atoms with van der Waals surface area (Å²) in [7, 11) is 0. The summed E-state index contributed by atoms with van der Waals surface area (Å²) in [6.45, 7) is 0.928. The molecule has 0 aliphatic heterocycles. The zero-order valence-corrected chi connectivity index (χ0v) is 12.7. The molecule has 1 aliphatic carbocycles. The molecule has 2 aromatic rings. The summed E-state index contributed by atoms with van der Waals surface area (Å²) in [6, 6.07) is 3.97. The number of nitrogens with two attached hydrogens (primary N) is 1. The normalized spacial score (nSPS) is 21.6. The lowest BCUT2D eigenvalue weighted by Gasteiger charge is -2.28. The second-order valence-corrected chi connectivity index (χ2v) is 6.19. The fourth-order valence-corrected chi connectivity index (χ4v) is 3.32. The molecule has 116 valence electrons. The number of carbonyl (C=O) groups is 1. The topological polar surface area (TPSA) is 80.9 Å². The van der Waals surface area contributed by atoms with E-state index in [1.807, 2.05) is 24.5 Å². The highest BCUT2D eigenvalue weighted by Crippen LogP contribution is 2.31. The van der Waals surface area contributed by atoms with Crippen LogP contribution in [-0.4, -0.2) is 22.4 Å². The molecular weight excluding hydrogens is 276 g/mol. The number of hydrogen-bond donors (Lipinski definition) is 2. The van der Waals surface area contributed by atoms with Crippen LogP contribution in [-0.2, 0) is 4.79 Å². The minimum atomic E-state index is -0.171. The predicted octanol–water partition coefficient (Wildman–Crippen LogP) is 2.72. The summed E-state index contributed by atoms with van der Waals surface area (Å²) < 4.78 is 0. The van der Waals surface area contributed by atoms with E-state index in [4.69, 9.17) is 5.73 Å². The van der Waals surface area contributed by atoms with E-state index in [0.29, 0.717) is 18.3 Å². The molecule has 3 N–H and O–H groups in total. The lowest BCUT2D eigenvalue weighted by atomic mass is 9.80. The van der Waals surface area contributed by atoms with Crippen molar-refractivity contribution in [3.05, 3.63) is 30.7 Å². The van der Waals surface area contributed by atoms with E-state index in [0.717, 1.165) is 48.8 Å². The molecule has 1 saturated carbocycles. The van der Waals surface area contributed by atoms with Gasteiger partial charge in [0.05, 0.1) is 0 Å². The van der Waals surface area contributed by atoms with Gasteiger partial charge < -0.3 is 11.1 Å². The molecule has 1 aliphatic rings. The fraction of sp³-hybridized carbons (Fsp3) is 0.471. The molecule has 5 heteroatoms. The minimum absolute atomic E-state index is 0.171. The van der Waals surface area contributed by atoms with Gasteiger partial charge in [-0.25, -0.2) is 4.98 Å². The molecular formula is C17H22N4O. The quantitative estimate of drug-likeness (QED) is 0.889. The Kier molecular flexibility index (Phi) is 4.51. The van der Waals surface area contributed by atoms with Crippen LogP contribution in [0.1, 0.15) is 32.1 Å². The second-order valence-electron chi connectivity index (χ2n) is 6.19. The lowest BCUT2D eigenvalue weighted by Crippen LogP contribution is -2.24. The Morgan fingerprint density at radius 2 is 1.95 bits per heavy atom. The number of fused-ring (bicyclic) bond motifs is 1. The van der Waals surface area contributed by atoms with Gasteiger partial charge in [0, 0.05) is 42.3 Å². The van der Waals surface area contributed by atoms with E-state index in [1.165, 1.54) is 0 Å². The van der Waals surface area contributed by atoms with Crippen LogP contribution in [0.3, 0.4) is 0 Å². The number of anilines is 1. The molecule has 0 aromatic carbocycles. The average Bonchev–Trinajstić information content (AvgIpc) is 2.54. The molecule has 2 aromatic heterocycles. The first-order valence-corrected chi connectivity index (χ1v) is 7.93. The van der Waals surface area contributed by atoms with Crippen molar-refractivity contribution in [2.45, 2.75) is 32.1 Å². The fourth-order valence-electron chi connectivity index (χ4n) is 3.32. The van der Waals surface area contributed by atoms with Gasteiger partial charge in [-0.3, -0.25) is 9.78 Å². The molecule has 2 heterocycles. The summed E-state index contributed by atoms with van der Waals surface area (Å²) in [6.07, 6.45) is 10.5. The monoisotopic (exact) mass is 298 g/mol. The summed E-state index contributed by atoms with van der Waals surface area (Å²) >= 11 is 0. The van der Waals surface area contributed by atoms with E-state index in [-0.39, 0.29) is 5.91 Å². The van der Waals surface area contributed by atoms with Crippen LogP contribution in [0.2, 0.25) is 0 Å². The Hall–Kier alpha value is -2.17. The highest BCUT2D eigenvalue weighted by Gasteiger charge is 2.22. The third-order valence-electron chi connectivity index (χ3n) is 4.58. The number of rotatable bonds is 5. The first kappa shape index (κ1) is 14.8. The van der Waals surface area contributed by atoms with Gasteiger partial charge in [-0.2, -0.15) is 0 Å². The van der Waals surface area contributed by atoms with Crippen molar-refractivity contribution < 1.29 is 4.79 Å². The molecule has 0 radical (unpaired) electrons. The molecule has 0 bridgehead atoms. The van der Waals surface area contributed by atoms with E-state index in [1.54, 1.807) is 6.20 Å². The van der Waals surface area contributed by atoms with Crippen LogP contribution in [0.4, 0.5) is 5.82 Å². The smallest absolute Gasteiger partial charge is 0.217 e. The molecule has 0 spiro atoms. The number of hydrogen-bond acceptors (Lipinski definition) is 4. The number of primary amides is 1. The number of amides is 1. The molecule has 0 unspecified atom stereocenters. The predicted molar refractivity (Wildman–Crippen MR) is 87.3 cm³/mol. The van der Waals surface area contributed by atoms with Crippen molar-refractivity contribution in [3.63, 3.8) is 0 Å². The minimum Gasteiger partial charge on any atom is -0.370 e. The van der Waals surface area contributed by atoms with Crippen molar-refractivity contribution in [2.75, 3.05) is 11.9 Å². The van der Waals surface area contributed by atoms with Crippen molar-refractivity contribution in [2.24, 2.45) is 17.6 Å². The Morgan fingerprint density at radius 3 is 2.73 bits per heavy atom. The van der Waals surface area contributed by atoms with Crippen LogP contribution in [0.15, 0.2) is 30.7 Å². The zero-order chi connectivity index (χ0) is 15.4. The van der Waals surface area contributed by atoms with Gasteiger partial charge in [-0.1, -0.05) is 0 Å². The Morgan fingerprint density at radius 1 is 1.18 bits per heavy atom. The summed E-state index contributed by atoms with van der Waals surface area (Å²) in [5, 5.41) is 5.70. The summed E-state index contributed by atoms with van der Waals surface area (Å²) in [4.78, 5) is 19.6. The molecule has 1 amide bonds. The standard InChI is InChI=1S/C17H22N4O/c18-16(22)9-12-1-3-13(4-2-12)10-21-17-15-6-7-19-11-14(15)5-8-20-17/h5-8,11-13H,1-4,9-10H2,(H2,18,22)(H,20,21). The Bertz CT molecular complexity index is 645. The number of pyridine rings is 2. The van der Waals surface area contributed by atoms with Crippen molar-refractivity contribution >= 4 is 22.5 Å². The van der Waals surface area contributed by atoms with Crippen LogP contribution in [0.5, 0.6) is 0 Å². The van der Waals surface area contributed by atoms with Crippen LogP contribution in [0, 0.1) is 11.8 Å². The highest BCUT2D eigenvalue weighted by atomic mass is 16.1. The van der Waals surface area contributed by atoms with E-state index in [2.05, 4.69) is 15.3 Å². The highest BCUT2D eigenvalue weighted by molar-refractivity contribution is 5.90. The second kappa shape index (κ2) is 6.73. The number of nitrogens with one attached hydrogen (secondary N) is 1. The average molecular weight is 298 g/mol. The van der Waals surface area contributed by atoms with Gasteiger partial charge in [-0.15, -0.1) is 0 Å². The summed E-state index contributed by atoms with van der Waals surface area (Å²) in [5.74, 6) is 1.88. The van der Waals surface area contributed by atoms with E-state index < -0.39 is 0 Å². The van der Waals surface area contributed by atoms with Crippen molar-refractivity contribution in [3.8, 4) is 0 Å². The van der Waals surface area contributed by atoms with Crippen LogP contribution in [0.25, 0.3) is 10.8 Å². The van der Waals surface area contributed by atoms with Gasteiger partial charge in [0.15, 0.2) is 0 Å². The zero-order valence-electron chi connectivity index (χ0n) is 12.7. The molecule has 0 saturated heterocycles. The number of aromatic nitrogens is 2. The maximum atomic E-state index is 11.0. The largest absolute Gasteiger partial charge is 0.370 e. The molecule has 1 fully saturated rings. The summed E-state index contributed by atoms with van der Waals surface area (Å²) in [5.41, 5.74) is 5.28. The van der Waals surface area contributed by atoms with Gasteiger partial charge in [0.25, 0.3) is 0 Å². The third kappa shape index (κ3) is 3.53. The van der Waals surface area contributed by atoms with E-state index >= 15 is 0 Å². The molecule has 3 rings (SSSR count). The van der Waals surface area contributed by atoms with Crippen LogP contribution >= 0.6 is 0 Å². The first-order chi connectivity index (χ1) is 10.7.